The Hall–Kier alpha value is -2.55. The average Bonchev–Trinajstić information content (AvgIpc) is 2.46. The van der Waals surface area contributed by atoms with Gasteiger partial charge in [-0.25, -0.2) is 0 Å². The lowest BCUT2D eigenvalue weighted by molar-refractivity contribution is 0.100. The van der Waals surface area contributed by atoms with Gasteiger partial charge in [-0.2, -0.15) is 0 Å². The van der Waals surface area contributed by atoms with Crippen LogP contribution in [0.3, 0.4) is 0 Å². The van der Waals surface area contributed by atoms with Gasteiger partial charge >= 0.3 is 0 Å². The maximum absolute atomic E-state index is 12.2. The van der Waals surface area contributed by atoms with E-state index in [-0.39, 0.29) is 17.1 Å². The van der Waals surface area contributed by atoms with Gasteiger partial charge in [0.15, 0.2) is 0 Å². The topological polar surface area (TPSA) is 40.5 Å². The van der Waals surface area contributed by atoms with Crippen molar-refractivity contribution in [2.24, 2.45) is 0 Å². The summed E-state index contributed by atoms with van der Waals surface area (Å²) in [7, 11) is 3.49. The van der Waals surface area contributed by atoms with E-state index in [0.717, 1.165) is 11.1 Å². The maximum atomic E-state index is 12.2. The van der Waals surface area contributed by atoms with Crippen molar-refractivity contribution in [2.45, 2.75) is 0 Å². The lowest BCUT2D eigenvalue weighted by atomic mass is 10.0. The number of hydrogen-bond acceptors (Lipinski definition) is 3. The number of ketones is 1. The summed E-state index contributed by atoms with van der Waals surface area (Å²) in [6.07, 6.45) is 0. The molecule has 0 spiro atoms. The molecule has 0 atom stereocenters. The van der Waals surface area contributed by atoms with Gasteiger partial charge in [0.1, 0.15) is 5.75 Å². The van der Waals surface area contributed by atoms with Crippen molar-refractivity contribution in [3.05, 3.63) is 66.4 Å². The minimum absolute atomic E-state index is 0.0284. The molecule has 0 saturated heterocycles. The molecular formula is C17H17NO2. The molecule has 102 valence electrons. The van der Waals surface area contributed by atoms with Gasteiger partial charge in [0.2, 0.25) is 5.78 Å². The zero-order valence-electron chi connectivity index (χ0n) is 11.6. The number of nitrogens with zero attached hydrogens (tertiary/aromatic N) is 1. The number of aromatic hydroxyl groups is 1. The quantitative estimate of drug-likeness (QED) is 0.682. The summed E-state index contributed by atoms with van der Waals surface area (Å²) in [6.45, 7) is 3.72. The molecule has 3 heteroatoms. The molecule has 1 N–H and O–H groups in total. The zero-order chi connectivity index (χ0) is 14.7. The van der Waals surface area contributed by atoms with E-state index in [2.05, 4.69) is 6.58 Å². The molecule has 0 aliphatic heterocycles. The van der Waals surface area contributed by atoms with Crippen molar-refractivity contribution in [2.75, 3.05) is 14.1 Å². The number of phenolic OH excluding ortho intramolecular Hbond substituents is 1. The van der Waals surface area contributed by atoms with Crippen LogP contribution in [0.2, 0.25) is 0 Å². The van der Waals surface area contributed by atoms with Crippen LogP contribution in [0.5, 0.6) is 5.75 Å². The molecule has 2 aromatic carbocycles. The number of rotatable bonds is 4. The molecule has 20 heavy (non-hydrogen) atoms. The van der Waals surface area contributed by atoms with Crippen LogP contribution >= 0.6 is 0 Å². The summed E-state index contributed by atoms with van der Waals surface area (Å²) in [5, 5.41) is 10.1. The number of allylic oxidation sites excluding steroid dienone is 1. The number of carbonyl (C=O) groups excluding carboxylic acids is 1. The van der Waals surface area contributed by atoms with Crippen molar-refractivity contribution in [1.29, 1.82) is 0 Å². The maximum Gasteiger partial charge on any atom is 0.212 e. The third-order valence-corrected chi connectivity index (χ3v) is 3.15. The predicted molar refractivity (Wildman–Crippen MR) is 80.7 cm³/mol. The first kappa shape index (κ1) is 13.9. The first-order valence-corrected chi connectivity index (χ1v) is 6.30. The fraction of sp³-hybridized carbons (Fsp3) is 0.118. The Morgan fingerprint density at radius 1 is 1.05 bits per heavy atom. The number of carbonyl (C=O) groups is 1. The SMILES string of the molecule is C=C(C(=O)c1ccc(-c2ccccc2)cc1O)N(C)C. The van der Waals surface area contributed by atoms with Gasteiger partial charge in [-0.15, -0.1) is 0 Å². The highest BCUT2D eigenvalue weighted by Crippen LogP contribution is 2.27. The lowest BCUT2D eigenvalue weighted by Gasteiger charge is -2.15. The molecule has 0 aromatic heterocycles. The van der Waals surface area contributed by atoms with Gasteiger partial charge in [-0.1, -0.05) is 43.0 Å². The van der Waals surface area contributed by atoms with E-state index in [0.29, 0.717) is 5.70 Å². The fourth-order valence-corrected chi connectivity index (χ4v) is 1.89. The first-order valence-electron chi connectivity index (χ1n) is 6.30. The molecule has 2 rings (SSSR count). The average molecular weight is 267 g/mol. The molecule has 0 amide bonds. The summed E-state index contributed by atoms with van der Waals surface area (Å²) >= 11 is 0. The predicted octanol–water partition coefficient (Wildman–Crippen LogP) is 3.32. The molecule has 0 unspecified atom stereocenters. The van der Waals surface area contributed by atoms with E-state index in [1.807, 2.05) is 36.4 Å². The summed E-state index contributed by atoms with van der Waals surface area (Å²) < 4.78 is 0. The molecule has 0 bridgehead atoms. The van der Waals surface area contributed by atoms with Crippen molar-refractivity contribution >= 4 is 5.78 Å². The van der Waals surface area contributed by atoms with Gasteiger partial charge < -0.3 is 10.0 Å². The zero-order valence-corrected chi connectivity index (χ0v) is 11.6. The van der Waals surface area contributed by atoms with Crippen LogP contribution in [0.4, 0.5) is 0 Å². The van der Waals surface area contributed by atoms with E-state index in [1.165, 1.54) is 0 Å². The Labute approximate surface area is 118 Å². The second kappa shape index (κ2) is 5.61. The van der Waals surface area contributed by atoms with Crippen molar-refractivity contribution in [3.63, 3.8) is 0 Å². The Morgan fingerprint density at radius 2 is 1.70 bits per heavy atom. The highest BCUT2D eigenvalue weighted by atomic mass is 16.3. The Balaban J connectivity index is 2.36. The van der Waals surface area contributed by atoms with Crippen molar-refractivity contribution in [1.82, 2.24) is 4.90 Å². The number of Topliss-reactive ketones (excluding diaryl/α,β-unsaturated/α-hetero) is 1. The number of phenols is 1. The smallest absolute Gasteiger partial charge is 0.212 e. The Kier molecular flexibility index (Phi) is 3.89. The van der Waals surface area contributed by atoms with Crippen LogP contribution in [0.15, 0.2) is 60.8 Å². The molecule has 0 fully saturated rings. The van der Waals surface area contributed by atoms with Crippen LogP contribution in [0.25, 0.3) is 11.1 Å². The molecule has 0 heterocycles. The minimum Gasteiger partial charge on any atom is -0.507 e. The molecule has 0 aliphatic rings. The van der Waals surface area contributed by atoms with E-state index in [1.54, 1.807) is 31.1 Å². The molecule has 2 aromatic rings. The third kappa shape index (κ3) is 2.72. The number of benzene rings is 2. The summed E-state index contributed by atoms with van der Waals surface area (Å²) in [4.78, 5) is 13.8. The highest BCUT2D eigenvalue weighted by molar-refractivity contribution is 6.09. The second-order valence-corrected chi connectivity index (χ2v) is 4.77. The van der Waals surface area contributed by atoms with Gasteiger partial charge in [0.05, 0.1) is 11.3 Å². The van der Waals surface area contributed by atoms with E-state index < -0.39 is 0 Å². The van der Waals surface area contributed by atoms with Gasteiger partial charge in [-0.05, 0) is 23.3 Å². The lowest BCUT2D eigenvalue weighted by Crippen LogP contribution is -2.18. The Morgan fingerprint density at radius 3 is 2.25 bits per heavy atom. The van der Waals surface area contributed by atoms with E-state index in [4.69, 9.17) is 0 Å². The normalized spacial score (nSPS) is 10.1. The van der Waals surface area contributed by atoms with Gasteiger partial charge in [-0.3, -0.25) is 4.79 Å². The van der Waals surface area contributed by atoms with Gasteiger partial charge in [0, 0.05) is 14.1 Å². The second-order valence-electron chi connectivity index (χ2n) is 4.77. The Bertz CT molecular complexity index is 645. The van der Waals surface area contributed by atoms with Crippen LogP contribution in [-0.2, 0) is 0 Å². The number of hydrogen-bond donors (Lipinski definition) is 1. The highest BCUT2D eigenvalue weighted by Gasteiger charge is 2.16. The molecular weight excluding hydrogens is 250 g/mol. The monoisotopic (exact) mass is 267 g/mol. The standard InChI is InChI=1S/C17H17NO2/c1-12(18(2)3)17(20)15-10-9-14(11-16(15)19)13-7-5-4-6-8-13/h4-11,19H,1H2,2-3H3. The van der Waals surface area contributed by atoms with E-state index in [9.17, 15) is 9.90 Å². The van der Waals surface area contributed by atoms with Crippen LogP contribution in [-0.4, -0.2) is 29.9 Å². The summed E-state index contributed by atoms with van der Waals surface area (Å²) in [6, 6.07) is 14.8. The fourth-order valence-electron chi connectivity index (χ4n) is 1.89. The van der Waals surface area contributed by atoms with Crippen molar-refractivity contribution in [3.8, 4) is 16.9 Å². The van der Waals surface area contributed by atoms with Crippen LogP contribution in [0, 0.1) is 0 Å². The first-order chi connectivity index (χ1) is 9.50. The minimum atomic E-state index is -0.271. The largest absolute Gasteiger partial charge is 0.507 e. The number of likely N-dealkylation sites (N-methyl/N-ethyl adjacent to an activating group) is 1. The van der Waals surface area contributed by atoms with Crippen LogP contribution in [0.1, 0.15) is 10.4 Å². The molecule has 0 saturated carbocycles. The summed E-state index contributed by atoms with van der Waals surface area (Å²) in [5.41, 5.74) is 2.47. The van der Waals surface area contributed by atoms with Gasteiger partial charge in [0.25, 0.3) is 0 Å². The molecule has 0 aliphatic carbocycles. The molecule has 3 nitrogen and oxygen atoms in total. The molecule has 0 radical (unpaired) electrons. The third-order valence-electron chi connectivity index (χ3n) is 3.15. The van der Waals surface area contributed by atoms with Crippen LogP contribution < -0.4 is 0 Å². The van der Waals surface area contributed by atoms with E-state index >= 15 is 0 Å². The summed E-state index contributed by atoms with van der Waals surface area (Å²) in [5.74, 6) is -0.300. The van der Waals surface area contributed by atoms with Crippen molar-refractivity contribution < 1.29 is 9.90 Å².